The summed E-state index contributed by atoms with van der Waals surface area (Å²) in [6.07, 6.45) is 6.45. The number of benzene rings is 1. The summed E-state index contributed by atoms with van der Waals surface area (Å²) in [5, 5.41) is 4.29. The maximum Gasteiger partial charge on any atom is 0.176 e. The molecule has 1 aromatic carbocycles. The van der Waals surface area contributed by atoms with Crippen LogP contribution in [0.2, 0.25) is 5.02 Å². The Kier molecular flexibility index (Phi) is 3.22. The molecule has 4 aliphatic rings. The zero-order chi connectivity index (χ0) is 16.3. The molecular weight excluding hydrogens is 322 g/mol. The molecule has 6 heteroatoms. The van der Waals surface area contributed by atoms with Crippen molar-refractivity contribution >= 4 is 34.6 Å². The molecule has 0 amide bonds. The minimum absolute atomic E-state index is 0.255. The number of aliphatic imine (C=N–C) groups is 2. The number of amidine groups is 2. The summed E-state index contributed by atoms with van der Waals surface area (Å²) in [5.41, 5.74) is 1.97. The SMILES string of the molecule is CC1CC=CN2C(=N1)C(N1CC3CC1CN3)=Nc1ccc(Cl)cc12. The van der Waals surface area contributed by atoms with E-state index < -0.39 is 0 Å². The molecule has 0 radical (unpaired) electrons. The first-order valence-electron chi connectivity index (χ1n) is 8.61. The number of halogens is 1. The molecule has 1 N–H and O–H groups in total. The van der Waals surface area contributed by atoms with Crippen molar-refractivity contribution in [1.29, 1.82) is 0 Å². The lowest BCUT2D eigenvalue weighted by Crippen LogP contribution is -2.52. The maximum atomic E-state index is 6.23. The van der Waals surface area contributed by atoms with Crippen molar-refractivity contribution in [3.8, 4) is 0 Å². The highest BCUT2D eigenvalue weighted by Crippen LogP contribution is 2.38. The van der Waals surface area contributed by atoms with Gasteiger partial charge < -0.3 is 10.2 Å². The molecule has 2 fully saturated rings. The summed E-state index contributed by atoms with van der Waals surface area (Å²) < 4.78 is 0. The van der Waals surface area contributed by atoms with Gasteiger partial charge in [-0.25, -0.2) is 4.99 Å². The van der Waals surface area contributed by atoms with Gasteiger partial charge in [0.25, 0.3) is 0 Å². The topological polar surface area (TPSA) is 43.2 Å². The van der Waals surface area contributed by atoms with E-state index in [-0.39, 0.29) is 6.04 Å². The van der Waals surface area contributed by atoms with Gasteiger partial charge in [0.1, 0.15) is 0 Å². The van der Waals surface area contributed by atoms with Crippen LogP contribution in [0.1, 0.15) is 19.8 Å². The Labute approximate surface area is 146 Å². The molecule has 2 saturated heterocycles. The van der Waals surface area contributed by atoms with Gasteiger partial charge in [-0.15, -0.1) is 0 Å². The summed E-state index contributed by atoms with van der Waals surface area (Å²) in [5.74, 6) is 1.97. The molecule has 5 nitrogen and oxygen atoms in total. The number of piperazine rings is 1. The third kappa shape index (κ3) is 2.19. The predicted octanol–water partition coefficient (Wildman–Crippen LogP) is 2.94. The Morgan fingerprint density at radius 1 is 1.29 bits per heavy atom. The normalized spacial score (nSPS) is 30.7. The van der Waals surface area contributed by atoms with Crippen molar-refractivity contribution in [3.63, 3.8) is 0 Å². The van der Waals surface area contributed by atoms with Crippen molar-refractivity contribution in [1.82, 2.24) is 10.2 Å². The number of nitrogens with zero attached hydrogens (tertiary/aromatic N) is 4. The fourth-order valence-corrected chi connectivity index (χ4v) is 4.24. The summed E-state index contributed by atoms with van der Waals surface area (Å²) in [7, 11) is 0. The van der Waals surface area contributed by atoms with E-state index >= 15 is 0 Å². The Morgan fingerprint density at radius 2 is 2.21 bits per heavy atom. The molecule has 24 heavy (non-hydrogen) atoms. The van der Waals surface area contributed by atoms with Crippen LogP contribution in [0.25, 0.3) is 0 Å². The van der Waals surface area contributed by atoms with Gasteiger partial charge >= 0.3 is 0 Å². The number of rotatable bonds is 0. The van der Waals surface area contributed by atoms with Crippen molar-refractivity contribution in [2.24, 2.45) is 9.98 Å². The molecule has 5 rings (SSSR count). The molecule has 0 aromatic heterocycles. The van der Waals surface area contributed by atoms with E-state index in [0.29, 0.717) is 12.1 Å². The average Bonchev–Trinajstić information content (AvgIpc) is 3.14. The fourth-order valence-electron chi connectivity index (χ4n) is 4.08. The lowest BCUT2D eigenvalue weighted by Gasteiger charge is -2.36. The quantitative estimate of drug-likeness (QED) is 0.789. The van der Waals surface area contributed by atoms with Crippen LogP contribution < -0.4 is 10.2 Å². The Bertz CT molecular complexity index is 784. The van der Waals surface area contributed by atoms with Gasteiger partial charge in [-0.1, -0.05) is 17.7 Å². The van der Waals surface area contributed by atoms with Crippen LogP contribution in [0.4, 0.5) is 11.4 Å². The van der Waals surface area contributed by atoms with Gasteiger partial charge in [0.2, 0.25) is 0 Å². The van der Waals surface area contributed by atoms with Crippen LogP contribution in [0.3, 0.4) is 0 Å². The monoisotopic (exact) mass is 341 g/mol. The van der Waals surface area contributed by atoms with E-state index in [1.54, 1.807) is 0 Å². The molecule has 2 bridgehead atoms. The van der Waals surface area contributed by atoms with Gasteiger partial charge in [-0.3, -0.25) is 9.89 Å². The molecule has 1 aromatic rings. The number of fused-ring (bicyclic) bond motifs is 5. The van der Waals surface area contributed by atoms with Crippen LogP contribution in [0.5, 0.6) is 0 Å². The number of likely N-dealkylation sites (tertiary alicyclic amines) is 1. The fraction of sp³-hybridized carbons (Fsp3) is 0.444. The minimum Gasteiger partial charge on any atom is -0.348 e. The first-order valence-corrected chi connectivity index (χ1v) is 8.99. The third-order valence-electron chi connectivity index (χ3n) is 5.25. The molecule has 3 unspecified atom stereocenters. The van der Waals surface area contributed by atoms with Crippen molar-refractivity contribution in [3.05, 3.63) is 35.5 Å². The van der Waals surface area contributed by atoms with Crippen molar-refractivity contribution in [2.75, 3.05) is 18.0 Å². The van der Waals surface area contributed by atoms with E-state index in [0.717, 1.165) is 47.6 Å². The highest BCUT2D eigenvalue weighted by Gasteiger charge is 2.42. The van der Waals surface area contributed by atoms with Crippen molar-refractivity contribution in [2.45, 2.75) is 37.9 Å². The van der Waals surface area contributed by atoms with Crippen LogP contribution in [-0.4, -0.2) is 47.8 Å². The van der Waals surface area contributed by atoms with Gasteiger partial charge in [-0.2, -0.15) is 0 Å². The Morgan fingerprint density at radius 3 is 3.00 bits per heavy atom. The largest absolute Gasteiger partial charge is 0.348 e. The molecular formula is C18H20ClN5. The third-order valence-corrected chi connectivity index (χ3v) is 5.49. The average molecular weight is 342 g/mol. The minimum atomic E-state index is 0.255. The summed E-state index contributed by atoms with van der Waals surface area (Å²) in [6, 6.07) is 7.25. The smallest absolute Gasteiger partial charge is 0.176 e. The zero-order valence-corrected chi connectivity index (χ0v) is 14.4. The van der Waals surface area contributed by atoms with Gasteiger partial charge in [-0.05, 0) is 38.0 Å². The number of nitrogens with one attached hydrogen (secondary N) is 1. The second-order valence-electron chi connectivity index (χ2n) is 7.01. The second kappa shape index (κ2) is 5.33. The van der Waals surface area contributed by atoms with Crippen LogP contribution in [0, 0.1) is 0 Å². The van der Waals surface area contributed by atoms with Crippen molar-refractivity contribution < 1.29 is 0 Å². The summed E-state index contributed by atoms with van der Waals surface area (Å²) in [6.45, 7) is 4.21. The Balaban J connectivity index is 1.67. The van der Waals surface area contributed by atoms with Crippen LogP contribution in [0.15, 0.2) is 40.5 Å². The van der Waals surface area contributed by atoms with E-state index in [1.165, 1.54) is 6.42 Å². The maximum absolute atomic E-state index is 6.23. The zero-order valence-electron chi connectivity index (χ0n) is 13.6. The van der Waals surface area contributed by atoms with E-state index in [4.69, 9.17) is 21.6 Å². The predicted molar refractivity (Wildman–Crippen MR) is 98.6 cm³/mol. The van der Waals surface area contributed by atoms with Gasteiger partial charge in [0.05, 0.1) is 17.4 Å². The van der Waals surface area contributed by atoms with Crippen LogP contribution >= 0.6 is 11.6 Å². The molecule has 4 aliphatic heterocycles. The number of anilines is 1. The lowest BCUT2D eigenvalue weighted by molar-refractivity contribution is 0.347. The molecule has 0 spiro atoms. The Hall–Kier alpha value is -1.85. The van der Waals surface area contributed by atoms with E-state index in [1.807, 2.05) is 18.2 Å². The highest BCUT2D eigenvalue weighted by atomic mass is 35.5. The standard InChI is InChI=1S/C18H20ClN5/c1-11-3-2-6-23-16-7-12(19)4-5-15(16)22-18(17(23)21-11)24-10-13-8-14(24)9-20-13/h2,4-7,11,13-14,20H,3,8-10H2,1H3. The molecule has 0 saturated carbocycles. The molecule has 0 aliphatic carbocycles. The summed E-state index contributed by atoms with van der Waals surface area (Å²) >= 11 is 6.23. The van der Waals surface area contributed by atoms with Gasteiger partial charge in [0, 0.05) is 36.4 Å². The van der Waals surface area contributed by atoms with Gasteiger partial charge in [0.15, 0.2) is 11.7 Å². The molecule has 3 atom stereocenters. The molecule has 124 valence electrons. The highest BCUT2D eigenvalue weighted by molar-refractivity contribution is 6.48. The second-order valence-corrected chi connectivity index (χ2v) is 7.44. The first kappa shape index (κ1) is 14.5. The van der Waals surface area contributed by atoms with Crippen LogP contribution in [-0.2, 0) is 0 Å². The summed E-state index contributed by atoms with van der Waals surface area (Å²) in [4.78, 5) is 14.6. The number of hydrogen-bond acceptors (Lipinski definition) is 5. The number of hydrogen-bond donors (Lipinski definition) is 1. The lowest BCUT2D eigenvalue weighted by atomic mass is 10.2. The van der Waals surface area contributed by atoms with E-state index in [2.05, 4.69) is 34.3 Å². The van der Waals surface area contributed by atoms with E-state index in [9.17, 15) is 0 Å². The first-order chi connectivity index (χ1) is 11.7. The molecule has 4 heterocycles.